The summed E-state index contributed by atoms with van der Waals surface area (Å²) in [5, 5.41) is 19.7. The topological polar surface area (TPSA) is 122 Å². The van der Waals surface area contributed by atoms with Crippen molar-refractivity contribution in [2.75, 3.05) is 30.3 Å². The van der Waals surface area contributed by atoms with Crippen LogP contribution >= 0.6 is 11.6 Å². The number of rotatable bonds is 10. The fraction of sp³-hybridized carbons (Fsp3) is 0.190. The Morgan fingerprint density at radius 1 is 1.00 bits per heavy atom. The number of nitrogens with zero attached hydrogens (tertiary/aromatic N) is 3. The van der Waals surface area contributed by atoms with Crippen LogP contribution in [-0.2, 0) is 6.42 Å². The lowest BCUT2D eigenvalue weighted by Crippen LogP contribution is -2.30. The molecule has 0 saturated carbocycles. The van der Waals surface area contributed by atoms with Crippen molar-refractivity contribution < 1.29 is 9.72 Å². The largest absolute Gasteiger partial charge is 0.383 e. The Morgan fingerprint density at radius 3 is 2.45 bits per heavy atom. The van der Waals surface area contributed by atoms with E-state index in [1.165, 1.54) is 23.9 Å². The van der Waals surface area contributed by atoms with E-state index in [1.54, 1.807) is 12.1 Å². The molecule has 9 nitrogen and oxygen atoms in total. The lowest BCUT2D eigenvalue weighted by molar-refractivity contribution is -0.384. The van der Waals surface area contributed by atoms with Gasteiger partial charge in [0.25, 0.3) is 11.6 Å². The molecule has 0 fully saturated rings. The zero-order valence-corrected chi connectivity index (χ0v) is 17.3. The zero-order valence-electron chi connectivity index (χ0n) is 16.5. The number of amides is 1. The van der Waals surface area contributed by atoms with Crippen molar-refractivity contribution >= 4 is 34.8 Å². The first-order valence-corrected chi connectivity index (χ1v) is 9.97. The van der Waals surface area contributed by atoms with Gasteiger partial charge < -0.3 is 16.0 Å². The standard InChI is InChI=1S/C21H21ClN6O3/c22-18-14-26-21(25-11-10-15-4-2-1-3-5-15)27-19(18)20(29)24-13-12-23-16-6-8-17(9-7-16)28(30)31/h1-9,14,23H,10-13H2,(H,24,29)(H,25,26,27). The zero-order chi connectivity index (χ0) is 22.1. The minimum atomic E-state index is -0.458. The van der Waals surface area contributed by atoms with Crippen LogP contribution in [0.1, 0.15) is 16.1 Å². The van der Waals surface area contributed by atoms with Crippen molar-refractivity contribution in [3.05, 3.63) is 87.2 Å². The summed E-state index contributed by atoms with van der Waals surface area (Å²) in [5.41, 5.74) is 2.01. The number of carbonyl (C=O) groups is 1. The number of benzene rings is 2. The lowest BCUT2D eigenvalue weighted by Gasteiger charge is -2.10. The number of nitro benzene ring substituents is 1. The first-order valence-electron chi connectivity index (χ1n) is 9.60. The van der Waals surface area contributed by atoms with E-state index in [0.29, 0.717) is 31.3 Å². The molecule has 1 heterocycles. The molecule has 0 atom stereocenters. The van der Waals surface area contributed by atoms with Gasteiger partial charge in [-0.1, -0.05) is 41.9 Å². The minimum Gasteiger partial charge on any atom is -0.383 e. The molecule has 1 aromatic heterocycles. The van der Waals surface area contributed by atoms with Gasteiger partial charge in [-0.3, -0.25) is 14.9 Å². The number of hydrogen-bond acceptors (Lipinski definition) is 7. The van der Waals surface area contributed by atoms with E-state index < -0.39 is 10.8 Å². The summed E-state index contributed by atoms with van der Waals surface area (Å²) in [6, 6.07) is 16.0. The summed E-state index contributed by atoms with van der Waals surface area (Å²) in [7, 11) is 0. The number of halogens is 1. The van der Waals surface area contributed by atoms with Crippen molar-refractivity contribution in [1.82, 2.24) is 15.3 Å². The Hall–Kier alpha value is -3.72. The van der Waals surface area contributed by atoms with E-state index in [0.717, 1.165) is 6.42 Å². The number of anilines is 2. The van der Waals surface area contributed by atoms with Crippen LogP contribution in [-0.4, -0.2) is 40.4 Å². The van der Waals surface area contributed by atoms with Crippen molar-refractivity contribution in [3.8, 4) is 0 Å². The molecule has 0 radical (unpaired) electrons. The molecular weight excluding hydrogens is 420 g/mol. The maximum atomic E-state index is 12.4. The van der Waals surface area contributed by atoms with Gasteiger partial charge in [-0.15, -0.1) is 0 Å². The second kappa shape index (κ2) is 10.9. The van der Waals surface area contributed by atoms with Crippen LogP contribution in [0.3, 0.4) is 0 Å². The molecule has 3 aromatic rings. The van der Waals surface area contributed by atoms with Gasteiger partial charge in [-0.25, -0.2) is 9.97 Å². The van der Waals surface area contributed by atoms with E-state index in [-0.39, 0.29) is 16.4 Å². The number of hydrogen-bond donors (Lipinski definition) is 3. The highest BCUT2D eigenvalue weighted by Gasteiger charge is 2.14. The first kappa shape index (κ1) is 22.0. The lowest BCUT2D eigenvalue weighted by atomic mass is 10.1. The van der Waals surface area contributed by atoms with Crippen LogP contribution in [0.4, 0.5) is 17.3 Å². The van der Waals surface area contributed by atoms with Crippen LogP contribution in [0.2, 0.25) is 5.02 Å². The summed E-state index contributed by atoms with van der Waals surface area (Å²) >= 11 is 6.09. The molecule has 2 aromatic carbocycles. The van der Waals surface area contributed by atoms with Crippen LogP contribution in [0.5, 0.6) is 0 Å². The Morgan fingerprint density at radius 2 is 1.74 bits per heavy atom. The molecule has 1 amide bonds. The first-order chi connectivity index (χ1) is 15.0. The summed E-state index contributed by atoms with van der Waals surface area (Å²) in [6.07, 6.45) is 2.19. The molecule has 0 unspecified atom stereocenters. The average Bonchev–Trinajstić information content (AvgIpc) is 2.78. The Labute approximate surface area is 184 Å². The molecule has 10 heteroatoms. The number of nitro groups is 1. The average molecular weight is 441 g/mol. The molecule has 0 bridgehead atoms. The maximum Gasteiger partial charge on any atom is 0.271 e. The molecular formula is C21H21ClN6O3. The third-order valence-corrected chi connectivity index (χ3v) is 4.59. The van der Waals surface area contributed by atoms with Gasteiger partial charge in [0.05, 0.1) is 16.1 Å². The number of non-ortho nitro benzene ring substituents is 1. The van der Waals surface area contributed by atoms with E-state index in [4.69, 9.17) is 11.6 Å². The summed E-state index contributed by atoms with van der Waals surface area (Å²) in [4.78, 5) is 31.0. The van der Waals surface area contributed by atoms with Gasteiger partial charge in [0.1, 0.15) is 0 Å². The highest BCUT2D eigenvalue weighted by molar-refractivity contribution is 6.33. The predicted octanol–water partition coefficient (Wildman–Crippen LogP) is 3.53. The molecule has 0 saturated heterocycles. The van der Waals surface area contributed by atoms with E-state index in [9.17, 15) is 14.9 Å². The smallest absolute Gasteiger partial charge is 0.271 e. The number of aromatic nitrogens is 2. The third-order valence-electron chi connectivity index (χ3n) is 4.32. The maximum absolute atomic E-state index is 12.4. The second-order valence-electron chi connectivity index (χ2n) is 6.54. The van der Waals surface area contributed by atoms with E-state index in [1.807, 2.05) is 30.3 Å². The Balaban J connectivity index is 1.46. The van der Waals surface area contributed by atoms with Crippen molar-refractivity contribution in [3.63, 3.8) is 0 Å². The fourth-order valence-electron chi connectivity index (χ4n) is 2.74. The predicted molar refractivity (Wildman–Crippen MR) is 120 cm³/mol. The van der Waals surface area contributed by atoms with Crippen LogP contribution in [0, 0.1) is 10.1 Å². The second-order valence-corrected chi connectivity index (χ2v) is 6.95. The Bertz CT molecular complexity index is 1030. The number of nitrogens with one attached hydrogen (secondary N) is 3. The van der Waals surface area contributed by atoms with Gasteiger partial charge in [0, 0.05) is 37.5 Å². The highest BCUT2D eigenvalue weighted by Crippen LogP contribution is 2.16. The molecule has 0 aliphatic heterocycles. The summed E-state index contributed by atoms with van der Waals surface area (Å²) in [6.45, 7) is 1.35. The molecule has 0 aliphatic carbocycles. The minimum absolute atomic E-state index is 0.0189. The molecule has 160 valence electrons. The van der Waals surface area contributed by atoms with Crippen LogP contribution < -0.4 is 16.0 Å². The van der Waals surface area contributed by atoms with Crippen LogP contribution in [0.25, 0.3) is 0 Å². The Kier molecular flexibility index (Phi) is 7.72. The van der Waals surface area contributed by atoms with Gasteiger partial charge in [-0.2, -0.15) is 0 Å². The molecule has 0 spiro atoms. The van der Waals surface area contributed by atoms with Crippen molar-refractivity contribution in [2.45, 2.75) is 6.42 Å². The normalized spacial score (nSPS) is 10.4. The molecule has 3 rings (SSSR count). The molecule has 0 aliphatic rings. The fourth-order valence-corrected chi connectivity index (χ4v) is 2.92. The summed E-state index contributed by atoms with van der Waals surface area (Å²) in [5.74, 6) is -0.0847. The monoisotopic (exact) mass is 440 g/mol. The van der Waals surface area contributed by atoms with Crippen molar-refractivity contribution in [2.24, 2.45) is 0 Å². The van der Waals surface area contributed by atoms with Crippen LogP contribution in [0.15, 0.2) is 60.8 Å². The van der Waals surface area contributed by atoms with Gasteiger partial charge in [0.15, 0.2) is 5.69 Å². The van der Waals surface area contributed by atoms with Gasteiger partial charge in [0.2, 0.25) is 5.95 Å². The SMILES string of the molecule is O=C(NCCNc1ccc([N+](=O)[O-])cc1)c1nc(NCCc2ccccc2)ncc1Cl. The van der Waals surface area contributed by atoms with Gasteiger partial charge in [-0.05, 0) is 24.1 Å². The van der Waals surface area contributed by atoms with E-state index >= 15 is 0 Å². The quantitative estimate of drug-likeness (QED) is 0.250. The number of carbonyl (C=O) groups excluding carboxylic acids is 1. The molecule has 31 heavy (non-hydrogen) atoms. The van der Waals surface area contributed by atoms with Crippen molar-refractivity contribution in [1.29, 1.82) is 0 Å². The third kappa shape index (κ3) is 6.65. The highest BCUT2D eigenvalue weighted by atomic mass is 35.5. The molecule has 3 N–H and O–H groups in total. The summed E-state index contributed by atoms with van der Waals surface area (Å²) < 4.78 is 0. The van der Waals surface area contributed by atoms with Gasteiger partial charge >= 0.3 is 0 Å². The van der Waals surface area contributed by atoms with E-state index in [2.05, 4.69) is 25.9 Å².